The molecule has 2 N–H and O–H groups in total. The van der Waals surface area contributed by atoms with Gasteiger partial charge in [0, 0.05) is 5.56 Å². The van der Waals surface area contributed by atoms with Gasteiger partial charge in [0.2, 0.25) is 5.91 Å². The zero-order valence-corrected chi connectivity index (χ0v) is 20.6. The molecule has 178 valence electrons. The quantitative estimate of drug-likeness (QED) is 0.228. The summed E-state index contributed by atoms with van der Waals surface area (Å²) in [6.07, 6.45) is 6.74. The smallest absolute Gasteiger partial charge is 0.251 e. The maximum absolute atomic E-state index is 12.7. The van der Waals surface area contributed by atoms with Gasteiger partial charge < -0.3 is 14.8 Å². The van der Waals surface area contributed by atoms with Crippen LogP contribution >= 0.6 is 15.9 Å². The van der Waals surface area contributed by atoms with Crippen molar-refractivity contribution in [1.82, 2.24) is 10.7 Å². The molecule has 0 aliphatic heterocycles. The summed E-state index contributed by atoms with van der Waals surface area (Å²) in [5.74, 6) is 2.73. The molecule has 35 heavy (non-hydrogen) atoms. The predicted octanol–water partition coefficient (Wildman–Crippen LogP) is 4.48. The Kier molecular flexibility index (Phi) is 9.46. The largest absolute Gasteiger partial charge is 0.493 e. The van der Waals surface area contributed by atoms with Crippen molar-refractivity contribution in [3.05, 3.63) is 94.0 Å². The standard InChI is InChI=1S/C27H24BrN3O4/c1-3-14-35-26-22(28)15-19(16-24(26)34-2)18-29-31-25(32)17-23(20-10-6-4-7-11-20)30-27(33)21-12-8-5-9-13-21/h1,4-13,15-16,18,23H,14,17H2,2H3,(H,30,33)(H,31,32)/b29-18-/t23-/m1/s1. The second-order valence-corrected chi connectivity index (χ2v) is 8.18. The molecule has 0 heterocycles. The SMILES string of the molecule is C#CCOc1c(Br)cc(/C=N\NC(=O)C[C@@H](NC(=O)c2ccccc2)c2ccccc2)cc1OC. The third-order valence-electron chi connectivity index (χ3n) is 4.89. The van der Waals surface area contributed by atoms with Gasteiger partial charge in [0.25, 0.3) is 5.91 Å². The minimum atomic E-state index is -0.527. The lowest BCUT2D eigenvalue weighted by Gasteiger charge is -2.18. The van der Waals surface area contributed by atoms with Gasteiger partial charge in [0.05, 0.1) is 30.3 Å². The molecule has 3 aromatic carbocycles. The van der Waals surface area contributed by atoms with Crippen molar-refractivity contribution in [3.63, 3.8) is 0 Å². The Balaban J connectivity index is 1.68. The van der Waals surface area contributed by atoms with Crippen LogP contribution in [-0.4, -0.2) is 31.7 Å². The van der Waals surface area contributed by atoms with Gasteiger partial charge in [0.1, 0.15) is 6.61 Å². The Labute approximate surface area is 212 Å². The molecule has 0 radical (unpaired) electrons. The number of methoxy groups -OCH3 is 1. The lowest BCUT2D eigenvalue weighted by atomic mass is 10.0. The van der Waals surface area contributed by atoms with E-state index < -0.39 is 6.04 Å². The summed E-state index contributed by atoms with van der Waals surface area (Å²) in [4.78, 5) is 25.3. The zero-order chi connectivity index (χ0) is 25.0. The molecule has 0 aromatic heterocycles. The molecule has 8 heteroatoms. The lowest BCUT2D eigenvalue weighted by molar-refractivity contribution is -0.121. The van der Waals surface area contributed by atoms with Crippen LogP contribution in [0.25, 0.3) is 0 Å². The molecule has 0 bridgehead atoms. The van der Waals surface area contributed by atoms with E-state index in [4.69, 9.17) is 15.9 Å². The highest BCUT2D eigenvalue weighted by Crippen LogP contribution is 2.36. The number of amides is 2. The lowest BCUT2D eigenvalue weighted by Crippen LogP contribution is -2.32. The fourth-order valence-electron chi connectivity index (χ4n) is 3.25. The summed E-state index contributed by atoms with van der Waals surface area (Å²) in [6.45, 7) is 0.0991. The number of hydrogen-bond donors (Lipinski definition) is 2. The van der Waals surface area contributed by atoms with Gasteiger partial charge in [-0.3, -0.25) is 9.59 Å². The highest BCUT2D eigenvalue weighted by molar-refractivity contribution is 9.10. The molecule has 0 spiro atoms. The topological polar surface area (TPSA) is 89.0 Å². The normalized spacial score (nSPS) is 11.3. The van der Waals surface area contributed by atoms with Crippen molar-refractivity contribution in [2.24, 2.45) is 5.10 Å². The Hall–Kier alpha value is -4.09. The van der Waals surface area contributed by atoms with E-state index in [1.54, 1.807) is 36.4 Å². The monoisotopic (exact) mass is 533 g/mol. The number of nitrogens with one attached hydrogen (secondary N) is 2. The van der Waals surface area contributed by atoms with Crippen molar-refractivity contribution in [2.45, 2.75) is 12.5 Å². The van der Waals surface area contributed by atoms with Gasteiger partial charge in [-0.1, -0.05) is 54.5 Å². The molecule has 0 saturated carbocycles. The van der Waals surface area contributed by atoms with E-state index in [9.17, 15) is 9.59 Å². The molecule has 0 saturated heterocycles. The second kappa shape index (κ2) is 13.0. The highest BCUT2D eigenvalue weighted by atomic mass is 79.9. The van der Waals surface area contributed by atoms with Gasteiger partial charge in [-0.25, -0.2) is 5.43 Å². The highest BCUT2D eigenvalue weighted by Gasteiger charge is 2.19. The Morgan fingerprint density at radius 2 is 1.80 bits per heavy atom. The molecule has 0 aliphatic rings. The number of terminal acetylenes is 1. The number of carbonyl (C=O) groups excluding carboxylic acids is 2. The van der Waals surface area contributed by atoms with Crippen LogP contribution in [0, 0.1) is 12.3 Å². The van der Waals surface area contributed by atoms with Crippen LogP contribution in [0.15, 0.2) is 82.4 Å². The number of benzene rings is 3. The van der Waals surface area contributed by atoms with Crippen LogP contribution in [0.1, 0.15) is 33.9 Å². The Bertz CT molecular complexity index is 1220. The van der Waals surface area contributed by atoms with Crippen LogP contribution < -0.4 is 20.2 Å². The molecule has 0 fully saturated rings. The number of hydrazone groups is 1. The van der Waals surface area contributed by atoms with E-state index >= 15 is 0 Å². The Morgan fingerprint density at radius 1 is 1.11 bits per heavy atom. The van der Waals surface area contributed by atoms with Crippen LogP contribution in [0.5, 0.6) is 11.5 Å². The van der Waals surface area contributed by atoms with E-state index in [1.807, 2.05) is 36.4 Å². The van der Waals surface area contributed by atoms with Crippen molar-refractivity contribution in [1.29, 1.82) is 0 Å². The first-order chi connectivity index (χ1) is 17.0. The van der Waals surface area contributed by atoms with Gasteiger partial charge in [-0.05, 0) is 51.3 Å². The van der Waals surface area contributed by atoms with E-state index in [-0.39, 0.29) is 24.8 Å². The third kappa shape index (κ3) is 7.45. The fraction of sp³-hybridized carbons (Fsp3) is 0.148. The summed E-state index contributed by atoms with van der Waals surface area (Å²) in [5.41, 5.74) is 4.51. The molecule has 1 atom stereocenters. The number of halogens is 1. The van der Waals surface area contributed by atoms with Gasteiger partial charge in [0.15, 0.2) is 11.5 Å². The molecule has 0 unspecified atom stereocenters. The molecular formula is C27H24BrN3O4. The average molecular weight is 534 g/mol. The van der Waals surface area contributed by atoms with Crippen LogP contribution in [0.2, 0.25) is 0 Å². The van der Waals surface area contributed by atoms with Crippen molar-refractivity contribution >= 4 is 34.0 Å². The second-order valence-electron chi connectivity index (χ2n) is 7.33. The van der Waals surface area contributed by atoms with Crippen molar-refractivity contribution < 1.29 is 19.1 Å². The van der Waals surface area contributed by atoms with Crippen LogP contribution in [0.3, 0.4) is 0 Å². The molecule has 0 aliphatic carbocycles. The maximum atomic E-state index is 12.7. The fourth-order valence-corrected chi connectivity index (χ4v) is 3.82. The molecule has 3 aromatic rings. The number of ether oxygens (including phenoxy) is 2. The molecule has 7 nitrogen and oxygen atoms in total. The third-order valence-corrected chi connectivity index (χ3v) is 5.48. The maximum Gasteiger partial charge on any atom is 0.251 e. The summed E-state index contributed by atoms with van der Waals surface area (Å²) in [6, 6.07) is 21.1. The first kappa shape index (κ1) is 25.5. The van der Waals surface area contributed by atoms with Crippen LogP contribution in [-0.2, 0) is 4.79 Å². The Morgan fingerprint density at radius 3 is 2.46 bits per heavy atom. The van der Waals surface area contributed by atoms with Gasteiger partial charge in [-0.2, -0.15) is 5.10 Å². The zero-order valence-electron chi connectivity index (χ0n) is 19.0. The minimum absolute atomic E-state index is 0.00576. The first-order valence-corrected chi connectivity index (χ1v) is 11.5. The number of carbonyl (C=O) groups is 2. The number of rotatable bonds is 10. The van der Waals surface area contributed by atoms with E-state index in [0.29, 0.717) is 27.1 Å². The summed E-state index contributed by atoms with van der Waals surface area (Å²) < 4.78 is 11.5. The van der Waals surface area contributed by atoms with Gasteiger partial charge in [-0.15, -0.1) is 6.42 Å². The summed E-state index contributed by atoms with van der Waals surface area (Å²) in [5, 5.41) is 6.98. The number of nitrogens with zero attached hydrogens (tertiary/aromatic N) is 1. The average Bonchev–Trinajstić information content (AvgIpc) is 2.88. The summed E-state index contributed by atoms with van der Waals surface area (Å²) in [7, 11) is 1.51. The van der Waals surface area contributed by atoms with Crippen LogP contribution in [0.4, 0.5) is 0 Å². The molecule has 3 rings (SSSR count). The first-order valence-electron chi connectivity index (χ1n) is 10.7. The number of hydrogen-bond acceptors (Lipinski definition) is 5. The van der Waals surface area contributed by atoms with E-state index in [1.165, 1.54) is 13.3 Å². The van der Waals surface area contributed by atoms with Crippen molar-refractivity contribution in [2.75, 3.05) is 13.7 Å². The predicted molar refractivity (Wildman–Crippen MR) is 138 cm³/mol. The molecular weight excluding hydrogens is 510 g/mol. The minimum Gasteiger partial charge on any atom is -0.493 e. The molecule has 2 amide bonds. The van der Waals surface area contributed by atoms with Crippen molar-refractivity contribution in [3.8, 4) is 23.8 Å². The van der Waals surface area contributed by atoms with E-state index in [2.05, 4.69) is 37.7 Å². The van der Waals surface area contributed by atoms with E-state index in [0.717, 1.165) is 5.56 Å². The van der Waals surface area contributed by atoms with Gasteiger partial charge >= 0.3 is 0 Å². The summed E-state index contributed by atoms with van der Waals surface area (Å²) >= 11 is 3.43.